The van der Waals surface area contributed by atoms with E-state index in [1.54, 1.807) is 0 Å². The molecule has 0 N–H and O–H groups in total. The molecular weight excluding hydrogens is 237 g/mol. The maximum Gasteiger partial charge on any atom is 0.141 e. The minimum Gasteiger partial charge on any atom is -0.489 e. The van der Waals surface area contributed by atoms with Gasteiger partial charge in [0, 0.05) is 0 Å². The van der Waals surface area contributed by atoms with Crippen molar-refractivity contribution in [1.29, 1.82) is 0 Å². The molecule has 0 atom stereocenters. The maximum atomic E-state index is 12.6. The molecule has 72 valence electrons. The summed E-state index contributed by atoms with van der Waals surface area (Å²) in [6, 6.07) is 3.83. The maximum absolute atomic E-state index is 12.6. The lowest BCUT2D eigenvalue weighted by Gasteiger charge is -2.07. The number of benzene rings is 1. The van der Waals surface area contributed by atoms with Crippen molar-refractivity contribution in [3.63, 3.8) is 0 Å². The molecule has 0 heterocycles. The third-order valence-electron chi connectivity index (χ3n) is 1.26. The first-order chi connectivity index (χ1) is 6.09. The highest BCUT2D eigenvalue weighted by Crippen LogP contribution is 2.25. The molecule has 0 fully saturated rings. The van der Waals surface area contributed by atoms with Crippen LogP contribution in [0.3, 0.4) is 0 Å². The lowest BCUT2D eigenvalue weighted by Crippen LogP contribution is -2.05. The molecule has 1 nitrogen and oxygen atoms in total. The predicted octanol–water partition coefficient (Wildman–Crippen LogP) is 3.66. The SMILES string of the molecule is Fc1ccc(OCC(Cl)Cl)c(Cl)c1. The molecule has 5 heteroatoms. The van der Waals surface area contributed by atoms with Gasteiger partial charge in [-0.2, -0.15) is 0 Å². The van der Waals surface area contributed by atoms with Crippen LogP contribution >= 0.6 is 34.8 Å². The van der Waals surface area contributed by atoms with Crippen molar-refractivity contribution in [2.75, 3.05) is 6.61 Å². The molecule has 0 aromatic heterocycles. The van der Waals surface area contributed by atoms with Crippen LogP contribution in [0.5, 0.6) is 5.75 Å². The fraction of sp³-hybridized carbons (Fsp3) is 0.250. The Morgan fingerprint density at radius 1 is 1.38 bits per heavy atom. The first kappa shape index (κ1) is 10.9. The van der Waals surface area contributed by atoms with Gasteiger partial charge >= 0.3 is 0 Å². The Balaban J connectivity index is 2.67. The minimum absolute atomic E-state index is 0.120. The summed E-state index contributed by atoms with van der Waals surface area (Å²) in [5.41, 5.74) is 0. The fourth-order valence-electron chi connectivity index (χ4n) is 0.745. The molecule has 0 spiro atoms. The predicted molar refractivity (Wildman–Crippen MR) is 52.4 cm³/mol. The molecule has 1 rings (SSSR count). The summed E-state index contributed by atoms with van der Waals surface area (Å²) in [5, 5.41) is 0.203. The van der Waals surface area contributed by atoms with Crippen LogP contribution in [0.2, 0.25) is 5.02 Å². The van der Waals surface area contributed by atoms with Gasteiger partial charge in [0.05, 0.1) is 5.02 Å². The second-order valence-corrected chi connectivity index (χ2v) is 3.96. The van der Waals surface area contributed by atoms with Crippen LogP contribution in [0.4, 0.5) is 4.39 Å². The number of hydrogen-bond donors (Lipinski definition) is 0. The van der Waals surface area contributed by atoms with Crippen molar-refractivity contribution in [2.24, 2.45) is 0 Å². The van der Waals surface area contributed by atoms with Gasteiger partial charge in [-0.05, 0) is 18.2 Å². The molecule has 1 aromatic rings. The average Bonchev–Trinajstić information content (AvgIpc) is 2.02. The Morgan fingerprint density at radius 2 is 2.08 bits per heavy atom. The second-order valence-electron chi connectivity index (χ2n) is 2.28. The molecule has 0 aliphatic carbocycles. The summed E-state index contributed by atoms with van der Waals surface area (Å²) >= 11 is 16.5. The molecule has 0 saturated carbocycles. The highest BCUT2D eigenvalue weighted by Gasteiger charge is 2.05. The number of rotatable bonds is 3. The van der Waals surface area contributed by atoms with Gasteiger partial charge < -0.3 is 4.74 Å². The largest absolute Gasteiger partial charge is 0.489 e. The van der Waals surface area contributed by atoms with Gasteiger partial charge in [0.25, 0.3) is 0 Å². The Morgan fingerprint density at radius 3 is 2.62 bits per heavy atom. The zero-order chi connectivity index (χ0) is 9.84. The van der Waals surface area contributed by atoms with Crippen molar-refractivity contribution < 1.29 is 9.13 Å². The van der Waals surface area contributed by atoms with Gasteiger partial charge in [0.15, 0.2) is 0 Å². The summed E-state index contributed by atoms with van der Waals surface area (Å²) in [7, 11) is 0. The van der Waals surface area contributed by atoms with Crippen molar-refractivity contribution in [3.05, 3.63) is 29.0 Å². The zero-order valence-corrected chi connectivity index (χ0v) is 8.70. The van der Waals surface area contributed by atoms with E-state index in [1.165, 1.54) is 12.1 Å². The van der Waals surface area contributed by atoms with E-state index in [0.29, 0.717) is 5.75 Å². The molecule has 0 radical (unpaired) electrons. The number of halogens is 4. The topological polar surface area (TPSA) is 9.23 Å². The van der Waals surface area contributed by atoms with Gasteiger partial charge in [-0.25, -0.2) is 4.39 Å². The van der Waals surface area contributed by atoms with Gasteiger partial charge in [-0.15, -0.1) is 23.2 Å². The Labute approximate surface area is 90.4 Å². The lowest BCUT2D eigenvalue weighted by molar-refractivity contribution is 0.334. The summed E-state index contributed by atoms with van der Waals surface area (Å²) < 4.78 is 17.6. The monoisotopic (exact) mass is 242 g/mol. The summed E-state index contributed by atoms with van der Waals surface area (Å²) in [5.74, 6) is -0.0417. The number of alkyl halides is 2. The highest BCUT2D eigenvalue weighted by molar-refractivity contribution is 6.44. The van der Waals surface area contributed by atoms with Crippen LogP contribution in [0.25, 0.3) is 0 Å². The summed E-state index contributed by atoms with van der Waals surface area (Å²) in [6.07, 6.45) is 0. The molecule has 1 aromatic carbocycles. The van der Waals surface area contributed by atoms with E-state index in [1.807, 2.05) is 0 Å². The first-order valence-corrected chi connectivity index (χ1v) is 4.70. The Hall–Kier alpha value is -0.180. The van der Waals surface area contributed by atoms with Crippen LogP contribution in [-0.4, -0.2) is 11.4 Å². The molecule has 0 amide bonds. The van der Waals surface area contributed by atoms with E-state index in [9.17, 15) is 4.39 Å². The van der Waals surface area contributed by atoms with Gasteiger partial charge in [-0.3, -0.25) is 0 Å². The lowest BCUT2D eigenvalue weighted by atomic mass is 10.3. The van der Waals surface area contributed by atoms with Crippen LogP contribution in [-0.2, 0) is 0 Å². The van der Waals surface area contributed by atoms with E-state index >= 15 is 0 Å². The second kappa shape index (κ2) is 4.89. The van der Waals surface area contributed by atoms with E-state index in [-0.39, 0.29) is 11.6 Å². The zero-order valence-electron chi connectivity index (χ0n) is 6.44. The first-order valence-electron chi connectivity index (χ1n) is 3.45. The van der Waals surface area contributed by atoms with Crippen LogP contribution in [0.15, 0.2) is 18.2 Å². The summed E-state index contributed by atoms with van der Waals surface area (Å²) in [6.45, 7) is 0.120. The van der Waals surface area contributed by atoms with Gasteiger partial charge in [-0.1, -0.05) is 11.6 Å². The molecule has 0 aliphatic rings. The van der Waals surface area contributed by atoms with E-state index in [2.05, 4.69) is 0 Å². The molecule has 0 unspecified atom stereocenters. The van der Waals surface area contributed by atoms with Gasteiger partial charge in [0.2, 0.25) is 0 Å². The number of hydrogen-bond acceptors (Lipinski definition) is 1. The van der Waals surface area contributed by atoms with Crippen molar-refractivity contribution in [2.45, 2.75) is 4.84 Å². The fourth-order valence-corrected chi connectivity index (χ4v) is 1.09. The third-order valence-corrected chi connectivity index (χ3v) is 1.81. The summed E-state index contributed by atoms with van der Waals surface area (Å²) in [4.78, 5) is -0.624. The van der Waals surface area contributed by atoms with E-state index in [4.69, 9.17) is 39.5 Å². The molecule has 0 aliphatic heterocycles. The van der Waals surface area contributed by atoms with Crippen molar-refractivity contribution >= 4 is 34.8 Å². The van der Waals surface area contributed by atoms with Gasteiger partial charge in [0.1, 0.15) is 23.0 Å². The molecule has 0 bridgehead atoms. The van der Waals surface area contributed by atoms with Crippen LogP contribution in [0.1, 0.15) is 0 Å². The number of ether oxygens (including phenoxy) is 1. The molecule has 0 saturated heterocycles. The quantitative estimate of drug-likeness (QED) is 0.736. The smallest absolute Gasteiger partial charge is 0.141 e. The minimum atomic E-state index is -0.624. The third kappa shape index (κ3) is 3.59. The van der Waals surface area contributed by atoms with Crippen LogP contribution in [0, 0.1) is 5.82 Å². The standard InChI is InChI=1S/C8H6Cl3FO/c9-6-3-5(12)1-2-7(6)13-4-8(10)11/h1-3,8H,4H2. The highest BCUT2D eigenvalue weighted by atomic mass is 35.5. The van der Waals surface area contributed by atoms with Crippen molar-refractivity contribution in [3.8, 4) is 5.75 Å². The van der Waals surface area contributed by atoms with E-state index in [0.717, 1.165) is 6.07 Å². The Kier molecular flexibility index (Phi) is 4.10. The molecule has 13 heavy (non-hydrogen) atoms. The average molecular weight is 243 g/mol. The van der Waals surface area contributed by atoms with Crippen LogP contribution < -0.4 is 4.74 Å². The Bertz CT molecular complexity index is 291. The van der Waals surface area contributed by atoms with E-state index < -0.39 is 10.7 Å². The molecular formula is C8H6Cl3FO. The normalized spacial score (nSPS) is 10.5. The van der Waals surface area contributed by atoms with Crippen molar-refractivity contribution in [1.82, 2.24) is 0 Å².